The van der Waals surface area contributed by atoms with E-state index in [0.29, 0.717) is 46.9 Å². The standard InChI is InChI=1S/C30H34Cl2N6O3/c1-4-18-13-24(41-3)29(32)27(28(18)31)19-8-9-21-20(12-19)14-33-30(35-21)36-23-16-38(15-22(23)34-25(39)5-2)26(40)17-37-10-6-7-11-37/h5,8-9,12-14,22-23H,2,4,6-7,10-11,15-17H2,1,3H3,(H,34,39)(H,33,35,36)/t22-,23+/m0/s1. The first-order valence-electron chi connectivity index (χ1n) is 13.8. The predicted octanol–water partition coefficient (Wildman–Crippen LogP) is 4.56. The fourth-order valence-electron chi connectivity index (χ4n) is 5.52. The summed E-state index contributed by atoms with van der Waals surface area (Å²) in [4.78, 5) is 38.4. The summed E-state index contributed by atoms with van der Waals surface area (Å²) in [5, 5.41) is 8.15. The second-order valence-corrected chi connectivity index (χ2v) is 11.2. The Bertz CT molecular complexity index is 1450. The average molecular weight is 598 g/mol. The van der Waals surface area contributed by atoms with Crippen LogP contribution in [-0.2, 0) is 16.0 Å². The van der Waals surface area contributed by atoms with Gasteiger partial charge in [-0.25, -0.2) is 9.97 Å². The topological polar surface area (TPSA) is 99.7 Å². The largest absolute Gasteiger partial charge is 0.495 e. The second kappa shape index (κ2) is 12.6. The van der Waals surface area contributed by atoms with E-state index in [1.807, 2.05) is 31.2 Å². The average Bonchev–Trinajstić information content (AvgIpc) is 3.63. The summed E-state index contributed by atoms with van der Waals surface area (Å²) in [7, 11) is 1.58. The zero-order chi connectivity index (χ0) is 29.1. The number of rotatable bonds is 9. The molecule has 3 aromatic rings. The number of aromatic nitrogens is 2. The fourth-order valence-corrected chi connectivity index (χ4v) is 6.30. The van der Waals surface area contributed by atoms with Gasteiger partial charge in [0.2, 0.25) is 17.8 Å². The smallest absolute Gasteiger partial charge is 0.243 e. The van der Waals surface area contributed by atoms with Crippen LogP contribution in [0, 0.1) is 0 Å². The molecule has 2 amide bonds. The maximum absolute atomic E-state index is 13.0. The van der Waals surface area contributed by atoms with Gasteiger partial charge in [-0.15, -0.1) is 0 Å². The Balaban J connectivity index is 1.37. The number of methoxy groups -OCH3 is 1. The number of amides is 2. The number of carbonyl (C=O) groups excluding carboxylic acids is 2. The Morgan fingerprint density at radius 1 is 1.15 bits per heavy atom. The first kappa shape index (κ1) is 29.1. The van der Waals surface area contributed by atoms with Crippen molar-refractivity contribution in [3.63, 3.8) is 0 Å². The van der Waals surface area contributed by atoms with Crippen molar-refractivity contribution >= 4 is 51.9 Å². The van der Waals surface area contributed by atoms with Crippen LogP contribution in [0.1, 0.15) is 25.3 Å². The van der Waals surface area contributed by atoms with Crippen molar-refractivity contribution in [1.29, 1.82) is 0 Å². The lowest BCUT2D eigenvalue weighted by atomic mass is 9.99. The van der Waals surface area contributed by atoms with Crippen LogP contribution in [0.4, 0.5) is 5.95 Å². The quantitative estimate of drug-likeness (QED) is 0.349. The van der Waals surface area contributed by atoms with Gasteiger partial charge in [0.25, 0.3) is 0 Å². The van der Waals surface area contributed by atoms with Gasteiger partial charge >= 0.3 is 0 Å². The van der Waals surface area contributed by atoms with Crippen molar-refractivity contribution in [2.24, 2.45) is 0 Å². The van der Waals surface area contributed by atoms with E-state index in [9.17, 15) is 9.59 Å². The number of nitrogens with one attached hydrogen (secondary N) is 2. The molecule has 2 aromatic carbocycles. The molecule has 9 nitrogen and oxygen atoms in total. The molecule has 2 N–H and O–H groups in total. The first-order valence-corrected chi connectivity index (χ1v) is 14.6. The molecule has 2 aliphatic rings. The summed E-state index contributed by atoms with van der Waals surface area (Å²) in [5.41, 5.74) is 3.21. The highest BCUT2D eigenvalue weighted by atomic mass is 35.5. The fraction of sp³-hybridized carbons (Fsp3) is 0.400. The Kier molecular flexibility index (Phi) is 8.97. The van der Waals surface area contributed by atoms with Crippen LogP contribution in [0.5, 0.6) is 5.75 Å². The normalized spacial score (nSPS) is 19.0. The SMILES string of the molecule is C=CC(=O)N[C@H]1CN(C(=O)CN2CCCC2)C[C@H]1Nc1ncc2cc(-c3c(Cl)c(CC)cc(OC)c3Cl)ccc2n1. The molecule has 2 aliphatic heterocycles. The molecule has 0 aliphatic carbocycles. The maximum Gasteiger partial charge on any atom is 0.243 e. The molecule has 5 rings (SSSR count). The second-order valence-electron chi connectivity index (χ2n) is 10.4. The number of aryl methyl sites for hydroxylation is 1. The number of benzene rings is 2. The van der Waals surface area contributed by atoms with Crippen molar-refractivity contribution in [3.05, 3.63) is 58.7 Å². The Hall–Kier alpha value is -3.40. The Morgan fingerprint density at radius 3 is 2.61 bits per heavy atom. The van der Waals surface area contributed by atoms with Gasteiger partial charge < -0.3 is 20.3 Å². The van der Waals surface area contributed by atoms with Crippen LogP contribution in [0.2, 0.25) is 10.0 Å². The monoisotopic (exact) mass is 596 g/mol. The number of fused-ring (bicyclic) bond motifs is 1. The summed E-state index contributed by atoms with van der Waals surface area (Å²) in [5.74, 6) is 0.750. The van der Waals surface area contributed by atoms with E-state index in [2.05, 4.69) is 27.1 Å². The van der Waals surface area contributed by atoms with Gasteiger partial charge in [0, 0.05) is 30.2 Å². The molecule has 216 valence electrons. The molecule has 0 saturated carbocycles. The minimum atomic E-state index is -0.310. The van der Waals surface area contributed by atoms with E-state index in [-0.39, 0.29) is 23.9 Å². The molecular weight excluding hydrogens is 563 g/mol. The number of halogens is 2. The summed E-state index contributed by atoms with van der Waals surface area (Å²) < 4.78 is 5.48. The van der Waals surface area contributed by atoms with E-state index in [1.165, 1.54) is 6.08 Å². The van der Waals surface area contributed by atoms with E-state index in [4.69, 9.17) is 32.9 Å². The van der Waals surface area contributed by atoms with Crippen molar-refractivity contribution in [3.8, 4) is 16.9 Å². The van der Waals surface area contributed by atoms with Gasteiger partial charge in [0.1, 0.15) is 5.75 Å². The number of carbonyl (C=O) groups is 2. The van der Waals surface area contributed by atoms with Crippen molar-refractivity contribution < 1.29 is 14.3 Å². The highest BCUT2D eigenvalue weighted by Gasteiger charge is 2.37. The number of anilines is 1. The van der Waals surface area contributed by atoms with Crippen LogP contribution < -0.4 is 15.4 Å². The predicted molar refractivity (Wildman–Crippen MR) is 163 cm³/mol. The molecule has 1 aromatic heterocycles. The van der Waals surface area contributed by atoms with Crippen LogP contribution in [-0.4, -0.2) is 83.5 Å². The molecule has 0 unspecified atom stereocenters. The highest BCUT2D eigenvalue weighted by molar-refractivity contribution is 6.40. The van der Waals surface area contributed by atoms with Crippen LogP contribution in [0.15, 0.2) is 43.1 Å². The number of nitrogens with zero attached hydrogens (tertiary/aromatic N) is 4. The number of hydrogen-bond donors (Lipinski definition) is 2. The van der Waals surface area contributed by atoms with Crippen molar-refractivity contribution in [2.75, 3.05) is 45.2 Å². The number of ether oxygens (including phenoxy) is 1. The minimum absolute atomic E-state index is 0.0575. The van der Waals surface area contributed by atoms with Gasteiger partial charge in [0.15, 0.2) is 0 Å². The third-order valence-corrected chi connectivity index (χ3v) is 8.58. The number of hydrogen-bond acceptors (Lipinski definition) is 7. The van der Waals surface area contributed by atoms with Gasteiger partial charge in [-0.3, -0.25) is 14.5 Å². The molecule has 0 radical (unpaired) electrons. The van der Waals surface area contributed by atoms with Gasteiger partial charge in [-0.1, -0.05) is 42.8 Å². The van der Waals surface area contributed by atoms with Crippen LogP contribution in [0.3, 0.4) is 0 Å². The maximum atomic E-state index is 13.0. The lowest BCUT2D eigenvalue weighted by molar-refractivity contribution is -0.131. The lowest BCUT2D eigenvalue weighted by Crippen LogP contribution is -2.45. The van der Waals surface area contributed by atoms with Crippen molar-refractivity contribution in [1.82, 2.24) is 25.1 Å². The van der Waals surface area contributed by atoms with Crippen LogP contribution in [0.25, 0.3) is 22.0 Å². The van der Waals surface area contributed by atoms with Crippen molar-refractivity contribution in [2.45, 2.75) is 38.3 Å². The summed E-state index contributed by atoms with van der Waals surface area (Å²) in [6, 6.07) is 7.06. The third kappa shape index (κ3) is 6.27. The molecule has 2 fully saturated rings. The Morgan fingerprint density at radius 2 is 1.90 bits per heavy atom. The summed E-state index contributed by atoms with van der Waals surface area (Å²) in [6.45, 7) is 8.71. The lowest BCUT2D eigenvalue weighted by Gasteiger charge is -2.20. The summed E-state index contributed by atoms with van der Waals surface area (Å²) in [6.07, 6.45) is 5.95. The molecule has 3 heterocycles. The molecule has 11 heteroatoms. The zero-order valence-corrected chi connectivity index (χ0v) is 24.8. The molecule has 41 heavy (non-hydrogen) atoms. The first-order chi connectivity index (χ1) is 19.8. The molecular formula is C30H34Cl2N6O3. The van der Waals surface area contributed by atoms with Gasteiger partial charge in [-0.05, 0) is 67.8 Å². The molecule has 0 spiro atoms. The molecule has 0 bridgehead atoms. The van der Waals surface area contributed by atoms with Gasteiger partial charge in [0.05, 0.1) is 41.3 Å². The minimum Gasteiger partial charge on any atom is -0.495 e. The third-order valence-electron chi connectivity index (χ3n) is 7.77. The van der Waals surface area contributed by atoms with E-state index >= 15 is 0 Å². The molecule has 2 atom stereocenters. The Labute approximate surface area is 249 Å². The zero-order valence-electron chi connectivity index (χ0n) is 23.3. The highest BCUT2D eigenvalue weighted by Crippen LogP contribution is 2.43. The van der Waals surface area contributed by atoms with E-state index in [0.717, 1.165) is 54.4 Å². The van der Waals surface area contributed by atoms with E-state index in [1.54, 1.807) is 18.2 Å². The van der Waals surface area contributed by atoms with E-state index < -0.39 is 0 Å². The molecule has 2 saturated heterocycles. The van der Waals surface area contributed by atoms with Gasteiger partial charge in [-0.2, -0.15) is 0 Å². The summed E-state index contributed by atoms with van der Waals surface area (Å²) >= 11 is 13.4. The van der Waals surface area contributed by atoms with Crippen LogP contribution >= 0.6 is 23.2 Å². The number of likely N-dealkylation sites (tertiary alicyclic amines) is 2.